The molecule has 0 aromatic heterocycles. The molecule has 0 aliphatic carbocycles. The van der Waals surface area contributed by atoms with Crippen LogP contribution in [0, 0.1) is 0 Å². The molecule has 86 valence electrons. The third-order valence-electron chi connectivity index (χ3n) is 2.19. The summed E-state index contributed by atoms with van der Waals surface area (Å²) in [6.45, 7) is 8.81. The molecular weight excluding hydrogens is 200 g/mol. The summed E-state index contributed by atoms with van der Waals surface area (Å²) in [4.78, 5) is 0. The Balaban J connectivity index is 4.17. The normalized spacial score (nSPS) is 16.6. The van der Waals surface area contributed by atoms with Gasteiger partial charge < -0.3 is 5.32 Å². The Bertz CT molecular complexity index is 239. The first-order chi connectivity index (χ1) is 6.44. The predicted octanol–water partition coefficient (Wildman–Crippen LogP) is 0.702. The summed E-state index contributed by atoms with van der Waals surface area (Å²) in [5.41, 5.74) is 0. The van der Waals surface area contributed by atoms with Crippen LogP contribution >= 0.6 is 0 Å². The SMILES string of the molecule is CCNCC(C)S(=O)(=O)NC(C)CC. The molecule has 2 atom stereocenters. The van der Waals surface area contributed by atoms with Crippen molar-refractivity contribution in [3.05, 3.63) is 0 Å². The van der Waals surface area contributed by atoms with Gasteiger partial charge in [0.05, 0.1) is 5.25 Å². The highest BCUT2D eigenvalue weighted by molar-refractivity contribution is 7.90. The molecule has 2 unspecified atom stereocenters. The average Bonchev–Trinajstić information content (AvgIpc) is 2.13. The summed E-state index contributed by atoms with van der Waals surface area (Å²) in [6.07, 6.45) is 0.813. The molecule has 0 aromatic rings. The van der Waals surface area contributed by atoms with Crippen LogP contribution in [0.4, 0.5) is 0 Å². The number of nitrogens with one attached hydrogen (secondary N) is 2. The Morgan fingerprint density at radius 2 is 1.79 bits per heavy atom. The maximum Gasteiger partial charge on any atom is 0.215 e. The minimum absolute atomic E-state index is 0.0177. The van der Waals surface area contributed by atoms with E-state index in [0.29, 0.717) is 6.54 Å². The topological polar surface area (TPSA) is 58.2 Å². The summed E-state index contributed by atoms with van der Waals surface area (Å²) in [7, 11) is -3.16. The van der Waals surface area contributed by atoms with E-state index in [1.54, 1.807) is 6.92 Å². The smallest absolute Gasteiger partial charge is 0.215 e. The Morgan fingerprint density at radius 1 is 1.21 bits per heavy atom. The Labute approximate surface area is 87.5 Å². The third-order valence-corrected chi connectivity index (χ3v) is 4.15. The minimum Gasteiger partial charge on any atom is -0.316 e. The quantitative estimate of drug-likeness (QED) is 0.667. The first kappa shape index (κ1) is 13.9. The van der Waals surface area contributed by atoms with Crippen LogP contribution < -0.4 is 10.0 Å². The van der Waals surface area contributed by atoms with Crippen LogP contribution in [-0.2, 0) is 10.0 Å². The van der Waals surface area contributed by atoms with E-state index in [9.17, 15) is 8.42 Å². The molecule has 2 N–H and O–H groups in total. The van der Waals surface area contributed by atoms with Gasteiger partial charge in [0.2, 0.25) is 10.0 Å². The van der Waals surface area contributed by atoms with Gasteiger partial charge in [-0.3, -0.25) is 0 Å². The third kappa shape index (κ3) is 4.93. The summed E-state index contributed by atoms with van der Waals surface area (Å²) in [5, 5.41) is 2.65. The van der Waals surface area contributed by atoms with Crippen LogP contribution in [0.25, 0.3) is 0 Å². The maximum atomic E-state index is 11.7. The molecule has 0 spiro atoms. The van der Waals surface area contributed by atoms with Gasteiger partial charge in [0.25, 0.3) is 0 Å². The summed E-state index contributed by atoms with van der Waals surface area (Å²) >= 11 is 0. The highest BCUT2D eigenvalue weighted by atomic mass is 32.2. The van der Waals surface area contributed by atoms with Gasteiger partial charge in [-0.05, 0) is 26.8 Å². The van der Waals surface area contributed by atoms with Crippen molar-refractivity contribution >= 4 is 10.0 Å². The molecule has 0 bridgehead atoms. The highest BCUT2D eigenvalue weighted by Gasteiger charge is 2.21. The van der Waals surface area contributed by atoms with E-state index in [4.69, 9.17) is 0 Å². The molecule has 14 heavy (non-hydrogen) atoms. The number of sulfonamides is 1. The van der Waals surface area contributed by atoms with Crippen molar-refractivity contribution in [1.82, 2.24) is 10.0 Å². The number of rotatable bonds is 7. The molecule has 0 saturated heterocycles. The fourth-order valence-corrected chi connectivity index (χ4v) is 2.23. The second-order valence-corrected chi connectivity index (χ2v) is 5.72. The van der Waals surface area contributed by atoms with Crippen molar-refractivity contribution in [3.8, 4) is 0 Å². The molecule has 0 amide bonds. The molecule has 4 nitrogen and oxygen atoms in total. The van der Waals surface area contributed by atoms with Gasteiger partial charge in [0, 0.05) is 12.6 Å². The first-order valence-corrected chi connectivity index (χ1v) is 6.70. The van der Waals surface area contributed by atoms with Gasteiger partial charge >= 0.3 is 0 Å². The Morgan fingerprint density at radius 3 is 2.21 bits per heavy atom. The highest BCUT2D eigenvalue weighted by Crippen LogP contribution is 2.00. The van der Waals surface area contributed by atoms with Gasteiger partial charge in [-0.15, -0.1) is 0 Å². The van der Waals surface area contributed by atoms with Gasteiger partial charge in [0.15, 0.2) is 0 Å². The molecule has 0 radical (unpaired) electrons. The standard InChI is InChI=1S/C9H22N2O2S/c1-5-8(3)11-14(12,13)9(4)7-10-6-2/h8-11H,5-7H2,1-4H3. The molecule has 0 aromatic carbocycles. The fraction of sp³-hybridized carbons (Fsp3) is 1.00. The second kappa shape index (κ2) is 6.37. The van der Waals surface area contributed by atoms with E-state index in [1.807, 2.05) is 20.8 Å². The molecular formula is C9H22N2O2S. The minimum atomic E-state index is -3.16. The predicted molar refractivity (Wildman–Crippen MR) is 59.8 cm³/mol. The van der Waals surface area contributed by atoms with Crippen LogP contribution in [0.15, 0.2) is 0 Å². The van der Waals surface area contributed by atoms with Crippen LogP contribution in [0.5, 0.6) is 0 Å². The van der Waals surface area contributed by atoms with Crippen molar-refractivity contribution < 1.29 is 8.42 Å². The van der Waals surface area contributed by atoms with Crippen LogP contribution in [0.3, 0.4) is 0 Å². The van der Waals surface area contributed by atoms with E-state index in [1.165, 1.54) is 0 Å². The van der Waals surface area contributed by atoms with E-state index >= 15 is 0 Å². The zero-order valence-electron chi connectivity index (χ0n) is 9.50. The van der Waals surface area contributed by atoms with Gasteiger partial charge in [-0.2, -0.15) is 0 Å². The summed E-state index contributed by atoms with van der Waals surface area (Å²) in [5.74, 6) is 0. The van der Waals surface area contributed by atoms with Crippen LogP contribution in [-0.4, -0.2) is 32.8 Å². The monoisotopic (exact) mass is 222 g/mol. The lowest BCUT2D eigenvalue weighted by Gasteiger charge is -2.17. The van der Waals surface area contributed by atoms with Crippen molar-refractivity contribution in [2.24, 2.45) is 0 Å². The second-order valence-electron chi connectivity index (χ2n) is 3.59. The van der Waals surface area contributed by atoms with Gasteiger partial charge in [-0.1, -0.05) is 13.8 Å². The molecule has 5 heteroatoms. The van der Waals surface area contributed by atoms with Crippen molar-refractivity contribution in [1.29, 1.82) is 0 Å². The van der Waals surface area contributed by atoms with E-state index in [-0.39, 0.29) is 11.3 Å². The van der Waals surface area contributed by atoms with E-state index in [2.05, 4.69) is 10.0 Å². The summed E-state index contributed by atoms with van der Waals surface area (Å²) in [6, 6.07) is 0.0177. The Kier molecular flexibility index (Phi) is 6.31. The average molecular weight is 222 g/mol. The summed E-state index contributed by atoms with van der Waals surface area (Å²) < 4.78 is 26.0. The number of hydrogen-bond acceptors (Lipinski definition) is 3. The molecule has 0 aliphatic heterocycles. The van der Waals surface area contributed by atoms with Crippen molar-refractivity contribution in [2.45, 2.75) is 45.4 Å². The molecule has 0 aliphatic rings. The molecule has 0 heterocycles. The maximum absolute atomic E-state index is 11.7. The zero-order valence-corrected chi connectivity index (χ0v) is 10.3. The van der Waals surface area contributed by atoms with Crippen LogP contribution in [0.1, 0.15) is 34.1 Å². The largest absolute Gasteiger partial charge is 0.316 e. The van der Waals surface area contributed by atoms with E-state index < -0.39 is 10.0 Å². The van der Waals surface area contributed by atoms with E-state index in [0.717, 1.165) is 13.0 Å². The number of hydrogen-bond donors (Lipinski definition) is 2. The van der Waals surface area contributed by atoms with Gasteiger partial charge in [0.1, 0.15) is 0 Å². The zero-order chi connectivity index (χ0) is 11.2. The molecule has 0 saturated carbocycles. The molecule has 0 fully saturated rings. The Hall–Kier alpha value is -0.130. The molecule has 0 rings (SSSR count). The van der Waals surface area contributed by atoms with Gasteiger partial charge in [-0.25, -0.2) is 13.1 Å². The fourth-order valence-electron chi connectivity index (χ4n) is 0.937. The lowest BCUT2D eigenvalue weighted by atomic mass is 10.3. The van der Waals surface area contributed by atoms with Crippen molar-refractivity contribution in [2.75, 3.05) is 13.1 Å². The lowest BCUT2D eigenvalue weighted by molar-refractivity contribution is 0.538. The first-order valence-electron chi connectivity index (χ1n) is 5.15. The van der Waals surface area contributed by atoms with Crippen LogP contribution in [0.2, 0.25) is 0 Å². The lowest BCUT2D eigenvalue weighted by Crippen LogP contribution is -2.42. The van der Waals surface area contributed by atoms with Crippen molar-refractivity contribution in [3.63, 3.8) is 0 Å².